The van der Waals surface area contributed by atoms with Crippen molar-refractivity contribution < 1.29 is 4.74 Å². The molecule has 0 atom stereocenters. The molecule has 0 radical (unpaired) electrons. The summed E-state index contributed by atoms with van der Waals surface area (Å²) in [5, 5.41) is 4.76. The highest BCUT2D eigenvalue weighted by Gasteiger charge is 2.09. The number of nitrogens with two attached hydrogens (primary N) is 1. The highest BCUT2D eigenvalue weighted by molar-refractivity contribution is 7.07. The van der Waals surface area contributed by atoms with Crippen molar-refractivity contribution in [2.75, 3.05) is 18.2 Å². The van der Waals surface area contributed by atoms with Crippen LogP contribution < -0.4 is 20.7 Å². The lowest BCUT2D eigenvalue weighted by molar-refractivity contribution is 0.415. The number of H-pyrrole nitrogens is 1. The molecule has 2 aromatic heterocycles. The molecule has 7 nitrogen and oxygen atoms in total. The van der Waals surface area contributed by atoms with E-state index in [1.165, 1.54) is 13.4 Å². The first kappa shape index (κ1) is 11.4. The Morgan fingerprint density at radius 3 is 3.06 bits per heavy atom. The van der Waals surface area contributed by atoms with Crippen LogP contribution in [0, 0.1) is 0 Å². The van der Waals surface area contributed by atoms with Crippen LogP contribution in [-0.4, -0.2) is 22.1 Å². The molecule has 0 spiro atoms. The number of aromatic nitrogens is 3. The number of ether oxygens (including phenoxy) is 1. The van der Waals surface area contributed by atoms with Gasteiger partial charge in [-0.05, 0) is 0 Å². The first-order chi connectivity index (χ1) is 8.20. The van der Waals surface area contributed by atoms with Crippen LogP contribution in [-0.2, 0) is 6.54 Å². The summed E-state index contributed by atoms with van der Waals surface area (Å²) in [6, 6.07) is 0. The molecule has 0 unspecified atom stereocenters. The molecule has 17 heavy (non-hydrogen) atoms. The Bertz CT molecular complexity index is 565. The molecule has 0 aliphatic carbocycles. The summed E-state index contributed by atoms with van der Waals surface area (Å²) >= 11 is 1.11. The molecule has 0 aromatic carbocycles. The van der Waals surface area contributed by atoms with E-state index in [-0.39, 0.29) is 10.7 Å². The SMILES string of the molecule is COc1c(N)ncnc1NCc1csc(=O)[nH]1. The van der Waals surface area contributed by atoms with E-state index in [9.17, 15) is 4.79 Å². The summed E-state index contributed by atoms with van der Waals surface area (Å²) in [6.07, 6.45) is 1.34. The van der Waals surface area contributed by atoms with Crippen molar-refractivity contribution >= 4 is 23.0 Å². The third kappa shape index (κ3) is 2.53. The van der Waals surface area contributed by atoms with Crippen LogP contribution in [0.15, 0.2) is 16.5 Å². The minimum atomic E-state index is -0.0871. The van der Waals surface area contributed by atoms with Crippen molar-refractivity contribution in [1.82, 2.24) is 15.0 Å². The van der Waals surface area contributed by atoms with Crippen LogP contribution in [0.5, 0.6) is 5.75 Å². The van der Waals surface area contributed by atoms with Crippen molar-refractivity contribution in [3.8, 4) is 5.75 Å². The second kappa shape index (κ2) is 4.83. The second-order valence-electron chi connectivity index (χ2n) is 3.17. The maximum Gasteiger partial charge on any atom is 0.304 e. The second-order valence-corrected chi connectivity index (χ2v) is 4.01. The van der Waals surface area contributed by atoms with Gasteiger partial charge in [0.05, 0.1) is 13.7 Å². The number of nitrogen functional groups attached to an aromatic ring is 1. The standard InChI is InChI=1S/C9H11N5O2S/c1-16-6-7(10)12-4-13-8(6)11-2-5-3-17-9(15)14-5/h3-4H,2H2,1H3,(H,14,15)(H3,10,11,12,13). The molecule has 0 fully saturated rings. The predicted molar refractivity (Wildman–Crippen MR) is 65.3 cm³/mol. The molecule has 0 aliphatic heterocycles. The van der Waals surface area contributed by atoms with Gasteiger partial charge in [0, 0.05) is 11.1 Å². The summed E-state index contributed by atoms with van der Waals surface area (Å²) in [5.74, 6) is 1.15. The average molecular weight is 253 g/mol. The first-order valence-electron chi connectivity index (χ1n) is 4.75. The number of thiazole rings is 1. The Kier molecular flexibility index (Phi) is 3.24. The summed E-state index contributed by atoms with van der Waals surface area (Å²) in [7, 11) is 1.49. The number of hydrogen-bond donors (Lipinski definition) is 3. The van der Waals surface area contributed by atoms with Gasteiger partial charge in [-0.1, -0.05) is 11.3 Å². The average Bonchev–Trinajstić information content (AvgIpc) is 2.72. The van der Waals surface area contributed by atoms with Gasteiger partial charge in [0.2, 0.25) is 5.75 Å². The number of hydrogen-bond acceptors (Lipinski definition) is 7. The van der Waals surface area contributed by atoms with Crippen LogP contribution >= 0.6 is 11.3 Å². The normalized spacial score (nSPS) is 10.2. The minimum Gasteiger partial charge on any atom is -0.490 e. The van der Waals surface area contributed by atoms with E-state index in [1.54, 1.807) is 5.38 Å². The molecule has 0 bridgehead atoms. The zero-order valence-electron chi connectivity index (χ0n) is 9.06. The van der Waals surface area contributed by atoms with Crippen LogP contribution in [0.3, 0.4) is 0 Å². The molecule has 0 saturated heterocycles. The van der Waals surface area contributed by atoms with Gasteiger partial charge in [-0.25, -0.2) is 9.97 Å². The molecular weight excluding hydrogens is 242 g/mol. The number of rotatable bonds is 4. The molecule has 4 N–H and O–H groups in total. The van der Waals surface area contributed by atoms with E-state index in [2.05, 4.69) is 20.3 Å². The van der Waals surface area contributed by atoms with Gasteiger partial charge in [0.15, 0.2) is 11.6 Å². The van der Waals surface area contributed by atoms with Crippen LogP contribution in [0.1, 0.15) is 5.69 Å². The molecule has 90 valence electrons. The molecule has 2 heterocycles. The molecule has 2 rings (SSSR count). The van der Waals surface area contributed by atoms with Crippen molar-refractivity contribution in [1.29, 1.82) is 0 Å². The maximum absolute atomic E-state index is 10.9. The third-order valence-electron chi connectivity index (χ3n) is 2.05. The van der Waals surface area contributed by atoms with E-state index >= 15 is 0 Å². The maximum atomic E-state index is 10.9. The molecular formula is C9H11N5O2S. The first-order valence-corrected chi connectivity index (χ1v) is 5.63. The molecule has 0 aliphatic rings. The largest absolute Gasteiger partial charge is 0.490 e. The lowest BCUT2D eigenvalue weighted by Crippen LogP contribution is -2.07. The number of nitrogens with zero attached hydrogens (tertiary/aromatic N) is 2. The van der Waals surface area contributed by atoms with Gasteiger partial charge in [-0.3, -0.25) is 4.79 Å². The van der Waals surface area contributed by atoms with Crippen molar-refractivity contribution in [3.05, 3.63) is 27.1 Å². The minimum absolute atomic E-state index is 0.0871. The quantitative estimate of drug-likeness (QED) is 0.729. The molecule has 0 amide bonds. The van der Waals surface area contributed by atoms with Crippen molar-refractivity contribution in [2.24, 2.45) is 0 Å². The fourth-order valence-electron chi connectivity index (χ4n) is 1.29. The van der Waals surface area contributed by atoms with Gasteiger partial charge >= 0.3 is 4.87 Å². The van der Waals surface area contributed by atoms with Crippen LogP contribution in [0.4, 0.5) is 11.6 Å². The summed E-state index contributed by atoms with van der Waals surface area (Å²) < 4.78 is 5.09. The van der Waals surface area contributed by atoms with E-state index in [0.29, 0.717) is 18.1 Å². The highest BCUT2D eigenvalue weighted by atomic mass is 32.1. The monoisotopic (exact) mass is 253 g/mol. The van der Waals surface area contributed by atoms with Gasteiger partial charge in [0.1, 0.15) is 6.33 Å². The smallest absolute Gasteiger partial charge is 0.304 e. The Balaban J connectivity index is 2.13. The van der Waals surface area contributed by atoms with Crippen LogP contribution in [0.2, 0.25) is 0 Å². The predicted octanol–water partition coefficient (Wildman–Crippen LogP) is 0.429. The van der Waals surface area contributed by atoms with Gasteiger partial charge < -0.3 is 20.8 Å². The van der Waals surface area contributed by atoms with Crippen molar-refractivity contribution in [2.45, 2.75) is 6.54 Å². The van der Waals surface area contributed by atoms with Gasteiger partial charge in [0.25, 0.3) is 0 Å². The van der Waals surface area contributed by atoms with Gasteiger partial charge in [-0.15, -0.1) is 0 Å². The fourth-order valence-corrected chi connectivity index (χ4v) is 1.88. The molecule has 0 saturated carbocycles. The Hall–Kier alpha value is -2.09. The number of anilines is 2. The number of methoxy groups -OCH3 is 1. The summed E-state index contributed by atoms with van der Waals surface area (Å²) in [6.45, 7) is 0.436. The number of nitrogens with one attached hydrogen (secondary N) is 2. The third-order valence-corrected chi connectivity index (χ3v) is 2.77. The lowest BCUT2D eigenvalue weighted by atomic mass is 10.4. The Morgan fingerprint density at radius 2 is 2.41 bits per heavy atom. The topological polar surface area (TPSA) is 106 Å². The van der Waals surface area contributed by atoms with E-state index in [0.717, 1.165) is 17.0 Å². The molecule has 8 heteroatoms. The van der Waals surface area contributed by atoms with E-state index in [4.69, 9.17) is 10.5 Å². The van der Waals surface area contributed by atoms with Crippen LogP contribution in [0.25, 0.3) is 0 Å². The van der Waals surface area contributed by atoms with E-state index in [1.807, 2.05) is 0 Å². The lowest BCUT2D eigenvalue weighted by Gasteiger charge is -2.09. The number of aromatic amines is 1. The zero-order chi connectivity index (χ0) is 12.3. The van der Waals surface area contributed by atoms with Gasteiger partial charge in [-0.2, -0.15) is 0 Å². The summed E-state index contributed by atoms with van der Waals surface area (Å²) in [4.78, 5) is 21.4. The molecule has 2 aromatic rings. The Morgan fingerprint density at radius 1 is 1.59 bits per heavy atom. The fraction of sp³-hybridized carbons (Fsp3) is 0.222. The van der Waals surface area contributed by atoms with E-state index < -0.39 is 0 Å². The zero-order valence-corrected chi connectivity index (χ0v) is 9.87. The Labute approximate surface area is 101 Å². The highest BCUT2D eigenvalue weighted by Crippen LogP contribution is 2.26. The summed E-state index contributed by atoms with van der Waals surface area (Å²) in [5.41, 5.74) is 6.41. The van der Waals surface area contributed by atoms with Crippen molar-refractivity contribution in [3.63, 3.8) is 0 Å².